The molecule has 9 heteroatoms. The first-order valence-electron chi connectivity index (χ1n) is 9.77. The number of esters is 1. The summed E-state index contributed by atoms with van der Waals surface area (Å²) >= 11 is 0. The Kier molecular flexibility index (Phi) is 7.42. The molecule has 0 spiro atoms. The van der Waals surface area contributed by atoms with Crippen molar-refractivity contribution in [3.63, 3.8) is 0 Å². The molecule has 2 amide bonds. The quantitative estimate of drug-likeness (QED) is 0.547. The average molecular weight is 420 g/mol. The van der Waals surface area contributed by atoms with Gasteiger partial charge in [-0.3, -0.25) is 9.59 Å². The van der Waals surface area contributed by atoms with Gasteiger partial charge < -0.3 is 25.2 Å². The molecule has 0 saturated heterocycles. The van der Waals surface area contributed by atoms with Crippen molar-refractivity contribution in [2.75, 3.05) is 13.2 Å². The molecular weight excluding hydrogens is 392 g/mol. The molecule has 1 saturated carbocycles. The lowest BCUT2D eigenvalue weighted by molar-refractivity contribution is -0.145. The molecule has 164 valence electrons. The van der Waals surface area contributed by atoms with E-state index < -0.39 is 47.4 Å². The van der Waals surface area contributed by atoms with Gasteiger partial charge >= 0.3 is 18.0 Å². The van der Waals surface area contributed by atoms with Gasteiger partial charge in [-0.05, 0) is 45.7 Å². The maximum Gasteiger partial charge on any atom is 0.408 e. The highest BCUT2D eigenvalue weighted by atomic mass is 16.6. The molecule has 1 aliphatic carbocycles. The smallest absolute Gasteiger partial charge is 0.408 e. The largest absolute Gasteiger partial charge is 0.480 e. The number of alkyl carbamates (subject to hydrolysis) is 1. The number of carbonyl (C=O) groups is 4. The fourth-order valence-corrected chi connectivity index (χ4v) is 3.35. The third-order valence-electron chi connectivity index (χ3n) is 4.65. The number of hydrogen-bond acceptors (Lipinski definition) is 6. The molecule has 0 aromatic heterocycles. The highest BCUT2D eigenvalue weighted by Crippen LogP contribution is 2.49. The van der Waals surface area contributed by atoms with Crippen LogP contribution in [0.4, 0.5) is 4.79 Å². The molecule has 3 N–H and O–H groups in total. The normalized spacial score (nSPS) is 21.1. The zero-order valence-corrected chi connectivity index (χ0v) is 17.5. The highest BCUT2D eigenvalue weighted by molar-refractivity contribution is 5.94. The molecular formula is C21H28N2O7. The zero-order valence-electron chi connectivity index (χ0n) is 17.5. The third-order valence-corrected chi connectivity index (χ3v) is 4.65. The average Bonchev–Trinajstić information content (AvgIpc) is 3.37. The SMILES string of the molecule is CCOC(=O)C1C(CNC(=O)c2ccccc2)C1C(NC(=O)OC(C)(C)C)C(=O)O. The van der Waals surface area contributed by atoms with Crippen molar-refractivity contribution in [1.29, 1.82) is 0 Å². The number of carboxylic acids is 1. The maximum absolute atomic E-state index is 12.3. The third kappa shape index (κ3) is 6.20. The van der Waals surface area contributed by atoms with Gasteiger partial charge in [-0.25, -0.2) is 9.59 Å². The van der Waals surface area contributed by atoms with Crippen molar-refractivity contribution < 1.29 is 33.8 Å². The molecule has 30 heavy (non-hydrogen) atoms. The van der Waals surface area contributed by atoms with Crippen molar-refractivity contribution in [3.05, 3.63) is 35.9 Å². The number of ether oxygens (including phenoxy) is 2. The summed E-state index contributed by atoms with van der Waals surface area (Å²) in [4.78, 5) is 48.5. The maximum atomic E-state index is 12.3. The standard InChI is InChI=1S/C21H28N2O7/c1-5-29-19(27)15-13(11-22-17(24)12-9-7-6-8-10-12)14(15)16(18(25)26)23-20(28)30-21(2,3)4/h6-10,13-16H,5,11H2,1-4H3,(H,22,24)(H,23,28)(H,25,26). The van der Waals surface area contributed by atoms with E-state index in [4.69, 9.17) is 9.47 Å². The van der Waals surface area contributed by atoms with Gasteiger partial charge in [-0.1, -0.05) is 18.2 Å². The molecule has 0 radical (unpaired) electrons. The van der Waals surface area contributed by atoms with Gasteiger partial charge in [0.2, 0.25) is 0 Å². The first-order chi connectivity index (χ1) is 14.0. The Morgan fingerprint density at radius 1 is 1.13 bits per heavy atom. The van der Waals surface area contributed by atoms with Gasteiger partial charge in [-0.2, -0.15) is 0 Å². The van der Waals surface area contributed by atoms with E-state index in [1.165, 1.54) is 0 Å². The summed E-state index contributed by atoms with van der Waals surface area (Å²) in [6, 6.07) is 7.17. The predicted octanol–water partition coefficient (Wildman–Crippen LogP) is 1.82. The first kappa shape index (κ1) is 23.2. The molecule has 4 unspecified atom stereocenters. The summed E-state index contributed by atoms with van der Waals surface area (Å²) in [6.07, 6.45) is -0.892. The Labute approximate surface area is 175 Å². The Morgan fingerprint density at radius 2 is 1.77 bits per heavy atom. The Morgan fingerprint density at radius 3 is 2.30 bits per heavy atom. The van der Waals surface area contributed by atoms with Gasteiger partial charge in [0.05, 0.1) is 12.5 Å². The second-order valence-corrected chi connectivity index (χ2v) is 8.06. The lowest BCUT2D eigenvalue weighted by Crippen LogP contribution is -2.46. The molecule has 9 nitrogen and oxygen atoms in total. The minimum atomic E-state index is -1.35. The van der Waals surface area contributed by atoms with Crippen LogP contribution in [0.1, 0.15) is 38.1 Å². The van der Waals surface area contributed by atoms with Crippen LogP contribution < -0.4 is 10.6 Å². The molecule has 1 aromatic rings. The van der Waals surface area contributed by atoms with Gasteiger partial charge in [0.1, 0.15) is 11.6 Å². The number of rotatable bonds is 8. The second kappa shape index (κ2) is 9.60. The first-order valence-corrected chi connectivity index (χ1v) is 9.77. The van der Waals surface area contributed by atoms with Gasteiger partial charge in [-0.15, -0.1) is 0 Å². The zero-order chi connectivity index (χ0) is 22.5. The summed E-state index contributed by atoms with van der Waals surface area (Å²) in [5.41, 5.74) is -0.357. The lowest BCUT2D eigenvalue weighted by Gasteiger charge is -2.22. The predicted molar refractivity (Wildman–Crippen MR) is 107 cm³/mol. The van der Waals surface area contributed by atoms with Gasteiger partial charge in [0.15, 0.2) is 0 Å². The molecule has 2 rings (SSSR count). The van der Waals surface area contributed by atoms with Crippen LogP contribution in [-0.2, 0) is 19.1 Å². The number of carboxylic acid groups (broad SMARTS) is 1. The number of carbonyl (C=O) groups excluding carboxylic acids is 3. The fraction of sp³-hybridized carbons (Fsp3) is 0.524. The monoisotopic (exact) mass is 420 g/mol. The van der Waals surface area contributed by atoms with Crippen molar-refractivity contribution in [2.24, 2.45) is 17.8 Å². The van der Waals surface area contributed by atoms with Gasteiger partial charge in [0, 0.05) is 18.0 Å². The molecule has 0 heterocycles. The van der Waals surface area contributed by atoms with Crippen LogP contribution in [0.25, 0.3) is 0 Å². The van der Waals surface area contributed by atoms with Crippen molar-refractivity contribution >= 4 is 23.9 Å². The van der Waals surface area contributed by atoms with E-state index in [0.717, 1.165) is 0 Å². The minimum Gasteiger partial charge on any atom is -0.480 e. The number of amides is 2. The van der Waals surface area contributed by atoms with Crippen molar-refractivity contribution in [3.8, 4) is 0 Å². The number of aliphatic carboxylic acids is 1. The highest BCUT2D eigenvalue weighted by Gasteiger charge is 2.61. The van der Waals surface area contributed by atoms with Crippen LogP contribution in [-0.4, -0.2) is 53.8 Å². The van der Waals surface area contributed by atoms with Crippen LogP contribution in [0, 0.1) is 17.8 Å². The molecule has 1 aromatic carbocycles. The molecule has 0 bridgehead atoms. The summed E-state index contributed by atoms with van der Waals surface area (Å²) in [7, 11) is 0. The van der Waals surface area contributed by atoms with E-state index >= 15 is 0 Å². The molecule has 1 aliphatic rings. The molecule has 4 atom stereocenters. The number of benzene rings is 1. The van der Waals surface area contributed by atoms with E-state index in [0.29, 0.717) is 5.56 Å². The van der Waals surface area contributed by atoms with E-state index in [9.17, 15) is 24.3 Å². The summed E-state index contributed by atoms with van der Waals surface area (Å²) in [5, 5.41) is 14.7. The van der Waals surface area contributed by atoms with Crippen LogP contribution >= 0.6 is 0 Å². The van der Waals surface area contributed by atoms with E-state index in [-0.39, 0.29) is 19.1 Å². The Bertz CT molecular complexity index is 788. The number of nitrogens with one attached hydrogen (secondary N) is 2. The second-order valence-electron chi connectivity index (χ2n) is 8.06. The summed E-state index contributed by atoms with van der Waals surface area (Å²) < 4.78 is 10.2. The van der Waals surface area contributed by atoms with E-state index in [1.807, 2.05) is 0 Å². The Hall–Kier alpha value is -3.10. The number of hydrogen-bond donors (Lipinski definition) is 3. The summed E-state index contributed by atoms with van der Waals surface area (Å²) in [5.74, 6) is -4.17. The van der Waals surface area contributed by atoms with Crippen LogP contribution in [0.3, 0.4) is 0 Å². The van der Waals surface area contributed by atoms with Crippen molar-refractivity contribution in [2.45, 2.75) is 39.3 Å². The lowest BCUT2D eigenvalue weighted by atomic mass is 10.1. The van der Waals surface area contributed by atoms with Crippen LogP contribution in [0.5, 0.6) is 0 Å². The molecule has 0 aliphatic heterocycles. The van der Waals surface area contributed by atoms with Crippen LogP contribution in [0.2, 0.25) is 0 Å². The topological polar surface area (TPSA) is 131 Å². The Balaban J connectivity index is 2.10. The van der Waals surface area contributed by atoms with E-state index in [2.05, 4.69) is 10.6 Å². The summed E-state index contributed by atoms with van der Waals surface area (Å²) in [6.45, 7) is 6.83. The van der Waals surface area contributed by atoms with Gasteiger partial charge in [0.25, 0.3) is 5.91 Å². The molecule has 1 fully saturated rings. The van der Waals surface area contributed by atoms with Crippen molar-refractivity contribution in [1.82, 2.24) is 10.6 Å². The fourth-order valence-electron chi connectivity index (χ4n) is 3.35. The van der Waals surface area contributed by atoms with Crippen LogP contribution in [0.15, 0.2) is 30.3 Å². The van der Waals surface area contributed by atoms with E-state index in [1.54, 1.807) is 58.0 Å². The minimum absolute atomic E-state index is 0.0711.